The van der Waals surface area contributed by atoms with Gasteiger partial charge in [-0.15, -0.1) is 0 Å². The molecular formula is C13H22N2O2S. The Morgan fingerprint density at radius 3 is 2.28 bits per heavy atom. The highest BCUT2D eigenvalue weighted by atomic mass is 32.1. The Bertz CT molecular complexity index is 308. The normalized spacial score (nSPS) is 22.8. The number of carboxylic acids is 1. The molecule has 102 valence electrons. The Morgan fingerprint density at radius 1 is 1.11 bits per heavy atom. The average Bonchev–Trinajstić information content (AvgIpc) is 2.40. The van der Waals surface area contributed by atoms with Gasteiger partial charge in [-0.2, -0.15) is 0 Å². The van der Waals surface area contributed by atoms with Crippen molar-refractivity contribution in [2.45, 2.75) is 51.0 Å². The van der Waals surface area contributed by atoms with Gasteiger partial charge in [-0.05, 0) is 37.9 Å². The van der Waals surface area contributed by atoms with Crippen molar-refractivity contribution in [3.63, 3.8) is 0 Å². The summed E-state index contributed by atoms with van der Waals surface area (Å²) in [6.07, 6.45) is 7.78. The largest absolute Gasteiger partial charge is 0.481 e. The van der Waals surface area contributed by atoms with E-state index in [9.17, 15) is 4.79 Å². The smallest absolute Gasteiger partial charge is 0.306 e. The number of carboxylic acid groups (broad SMARTS) is 1. The highest BCUT2D eigenvalue weighted by molar-refractivity contribution is 7.80. The fraction of sp³-hybridized carbons (Fsp3) is 0.846. The Labute approximate surface area is 114 Å². The third kappa shape index (κ3) is 3.57. The zero-order valence-corrected chi connectivity index (χ0v) is 11.5. The SMILES string of the molecule is O=C(O)C1CCN(C(=S)NC2CCCCC2)CC1. The van der Waals surface area contributed by atoms with Gasteiger partial charge in [0.15, 0.2) is 5.11 Å². The number of nitrogens with zero attached hydrogens (tertiary/aromatic N) is 1. The first-order chi connectivity index (χ1) is 8.66. The summed E-state index contributed by atoms with van der Waals surface area (Å²) in [5, 5.41) is 13.2. The van der Waals surface area contributed by atoms with Crippen LogP contribution in [-0.4, -0.2) is 40.2 Å². The zero-order chi connectivity index (χ0) is 13.0. The maximum Gasteiger partial charge on any atom is 0.306 e. The van der Waals surface area contributed by atoms with Crippen molar-refractivity contribution < 1.29 is 9.90 Å². The van der Waals surface area contributed by atoms with Gasteiger partial charge in [-0.3, -0.25) is 4.79 Å². The molecule has 1 aliphatic heterocycles. The van der Waals surface area contributed by atoms with Gasteiger partial charge in [-0.1, -0.05) is 19.3 Å². The van der Waals surface area contributed by atoms with E-state index in [1.54, 1.807) is 0 Å². The molecule has 2 aliphatic rings. The van der Waals surface area contributed by atoms with E-state index in [2.05, 4.69) is 10.2 Å². The molecule has 4 nitrogen and oxygen atoms in total. The minimum atomic E-state index is -0.666. The lowest BCUT2D eigenvalue weighted by atomic mass is 9.95. The molecule has 0 amide bonds. The van der Waals surface area contributed by atoms with Crippen LogP contribution in [0.15, 0.2) is 0 Å². The first-order valence-corrected chi connectivity index (χ1v) is 7.36. The molecule has 2 fully saturated rings. The Balaban J connectivity index is 1.75. The lowest BCUT2D eigenvalue weighted by molar-refractivity contribution is -0.143. The highest BCUT2D eigenvalue weighted by Crippen LogP contribution is 2.20. The first-order valence-electron chi connectivity index (χ1n) is 6.95. The molecule has 1 saturated carbocycles. The fourth-order valence-electron chi connectivity index (χ4n) is 2.84. The van der Waals surface area contributed by atoms with Crippen LogP contribution in [0.3, 0.4) is 0 Å². The van der Waals surface area contributed by atoms with Crippen LogP contribution < -0.4 is 5.32 Å². The van der Waals surface area contributed by atoms with E-state index < -0.39 is 5.97 Å². The number of piperidine rings is 1. The minimum absolute atomic E-state index is 0.182. The van der Waals surface area contributed by atoms with Gasteiger partial charge < -0.3 is 15.3 Å². The summed E-state index contributed by atoms with van der Waals surface area (Å²) >= 11 is 5.43. The maximum atomic E-state index is 10.9. The van der Waals surface area contributed by atoms with E-state index in [4.69, 9.17) is 17.3 Å². The second-order valence-corrected chi connectivity index (χ2v) is 5.77. The lowest BCUT2D eigenvalue weighted by Gasteiger charge is -2.34. The Hall–Kier alpha value is -0.840. The van der Waals surface area contributed by atoms with E-state index >= 15 is 0 Å². The second kappa shape index (κ2) is 6.36. The summed E-state index contributed by atoms with van der Waals surface area (Å²) in [6, 6.07) is 0.531. The van der Waals surface area contributed by atoms with E-state index in [0.717, 1.165) is 18.2 Å². The fourth-order valence-corrected chi connectivity index (χ4v) is 3.19. The summed E-state index contributed by atoms with van der Waals surface area (Å²) in [5.74, 6) is -0.848. The molecular weight excluding hydrogens is 248 g/mol. The molecule has 0 aromatic rings. The quantitative estimate of drug-likeness (QED) is 0.752. The number of aliphatic carboxylic acids is 1. The molecule has 1 heterocycles. The van der Waals surface area contributed by atoms with Crippen LogP contribution in [-0.2, 0) is 4.79 Å². The van der Waals surface area contributed by atoms with E-state index in [1.807, 2.05) is 0 Å². The van der Waals surface area contributed by atoms with Gasteiger partial charge in [0.1, 0.15) is 0 Å². The van der Waals surface area contributed by atoms with Crippen molar-refractivity contribution in [2.24, 2.45) is 5.92 Å². The third-order valence-electron chi connectivity index (χ3n) is 4.06. The van der Waals surface area contributed by atoms with E-state index in [-0.39, 0.29) is 5.92 Å². The molecule has 0 aromatic carbocycles. The van der Waals surface area contributed by atoms with Gasteiger partial charge in [0.25, 0.3) is 0 Å². The predicted molar refractivity (Wildman–Crippen MR) is 74.5 cm³/mol. The van der Waals surface area contributed by atoms with Crippen LogP contribution in [0.2, 0.25) is 0 Å². The van der Waals surface area contributed by atoms with Crippen LogP contribution in [0.1, 0.15) is 44.9 Å². The number of carbonyl (C=O) groups is 1. The molecule has 5 heteroatoms. The molecule has 0 spiro atoms. The number of likely N-dealkylation sites (tertiary alicyclic amines) is 1. The van der Waals surface area contributed by atoms with Gasteiger partial charge in [0.2, 0.25) is 0 Å². The van der Waals surface area contributed by atoms with Gasteiger partial charge in [0, 0.05) is 19.1 Å². The third-order valence-corrected chi connectivity index (χ3v) is 4.44. The Kier molecular flexibility index (Phi) is 4.80. The molecule has 0 atom stereocenters. The van der Waals surface area contributed by atoms with Crippen molar-refractivity contribution in [1.82, 2.24) is 10.2 Å². The van der Waals surface area contributed by atoms with Gasteiger partial charge >= 0.3 is 5.97 Å². The van der Waals surface area contributed by atoms with Crippen molar-refractivity contribution >= 4 is 23.3 Å². The second-order valence-electron chi connectivity index (χ2n) is 5.38. The van der Waals surface area contributed by atoms with Crippen LogP contribution in [0.25, 0.3) is 0 Å². The number of thiocarbonyl (C=S) groups is 1. The molecule has 2 rings (SSSR count). The molecule has 0 aromatic heterocycles. The number of hydrogen-bond acceptors (Lipinski definition) is 2. The lowest BCUT2D eigenvalue weighted by Crippen LogP contribution is -2.48. The molecule has 1 saturated heterocycles. The highest BCUT2D eigenvalue weighted by Gasteiger charge is 2.26. The predicted octanol–water partition coefficient (Wildman–Crippen LogP) is 1.99. The summed E-state index contributed by atoms with van der Waals surface area (Å²) in [4.78, 5) is 13.0. The van der Waals surface area contributed by atoms with Crippen molar-refractivity contribution in [1.29, 1.82) is 0 Å². The minimum Gasteiger partial charge on any atom is -0.481 e. The van der Waals surface area contributed by atoms with Crippen LogP contribution >= 0.6 is 12.2 Å². The topological polar surface area (TPSA) is 52.6 Å². The summed E-state index contributed by atoms with van der Waals surface area (Å²) < 4.78 is 0. The summed E-state index contributed by atoms with van der Waals surface area (Å²) in [5.41, 5.74) is 0. The maximum absolute atomic E-state index is 10.9. The van der Waals surface area contributed by atoms with Crippen molar-refractivity contribution in [3.8, 4) is 0 Å². The van der Waals surface area contributed by atoms with Crippen LogP contribution in [0, 0.1) is 5.92 Å². The monoisotopic (exact) mass is 270 g/mol. The molecule has 0 radical (unpaired) electrons. The first kappa shape index (κ1) is 13.6. The van der Waals surface area contributed by atoms with Crippen LogP contribution in [0.4, 0.5) is 0 Å². The van der Waals surface area contributed by atoms with E-state index in [0.29, 0.717) is 18.9 Å². The molecule has 2 N–H and O–H groups in total. The molecule has 1 aliphatic carbocycles. The van der Waals surface area contributed by atoms with Crippen molar-refractivity contribution in [3.05, 3.63) is 0 Å². The van der Waals surface area contributed by atoms with E-state index in [1.165, 1.54) is 32.1 Å². The standard InChI is InChI=1S/C13H22N2O2S/c16-12(17)10-6-8-15(9-7-10)13(18)14-11-4-2-1-3-5-11/h10-11H,1-9H2,(H,14,18)(H,16,17). The Morgan fingerprint density at radius 2 is 1.72 bits per heavy atom. The average molecular weight is 270 g/mol. The molecule has 18 heavy (non-hydrogen) atoms. The van der Waals surface area contributed by atoms with Gasteiger partial charge in [-0.25, -0.2) is 0 Å². The van der Waals surface area contributed by atoms with Gasteiger partial charge in [0.05, 0.1) is 5.92 Å². The summed E-state index contributed by atoms with van der Waals surface area (Å²) in [6.45, 7) is 1.55. The number of hydrogen-bond donors (Lipinski definition) is 2. The number of nitrogens with one attached hydrogen (secondary N) is 1. The molecule has 0 bridgehead atoms. The summed E-state index contributed by atoms with van der Waals surface area (Å²) in [7, 11) is 0. The number of rotatable bonds is 2. The van der Waals surface area contributed by atoms with Crippen LogP contribution in [0.5, 0.6) is 0 Å². The van der Waals surface area contributed by atoms with Crippen molar-refractivity contribution in [2.75, 3.05) is 13.1 Å². The zero-order valence-electron chi connectivity index (χ0n) is 10.7. The molecule has 0 unspecified atom stereocenters.